The Hall–Kier alpha value is -0.0800. The maximum Gasteiger partial charge on any atom is 0.0445 e. The molecule has 94 valence electrons. The summed E-state index contributed by atoms with van der Waals surface area (Å²) in [5.41, 5.74) is 0. The van der Waals surface area contributed by atoms with E-state index in [9.17, 15) is 0 Å². The third kappa shape index (κ3) is 3.46. The van der Waals surface area contributed by atoms with E-state index in [-0.39, 0.29) is 0 Å². The summed E-state index contributed by atoms with van der Waals surface area (Å²) in [5.74, 6) is 1.87. The highest BCUT2D eigenvalue weighted by Gasteiger charge is 2.37. The zero-order valence-electron chi connectivity index (χ0n) is 10.6. The Kier molecular flexibility index (Phi) is 4.66. The minimum absolute atomic E-state index is 0.316. The van der Waals surface area contributed by atoms with E-state index in [0.717, 1.165) is 24.3 Å². The lowest BCUT2D eigenvalue weighted by Gasteiger charge is -2.33. The van der Waals surface area contributed by atoms with Crippen LogP contribution in [-0.2, 0) is 0 Å². The number of rotatable bonds is 6. The van der Waals surface area contributed by atoms with Crippen LogP contribution in [0, 0.1) is 11.8 Å². The van der Waals surface area contributed by atoms with E-state index in [4.69, 9.17) is 5.11 Å². The predicted molar refractivity (Wildman–Crippen MR) is 67.4 cm³/mol. The predicted octanol–water partition coefficient (Wildman–Crippen LogP) is 2.71. The van der Waals surface area contributed by atoms with Gasteiger partial charge in [-0.2, -0.15) is 0 Å². The molecule has 0 aliphatic heterocycles. The highest BCUT2D eigenvalue weighted by Crippen LogP contribution is 2.40. The third-order valence-electron chi connectivity index (χ3n) is 4.33. The number of aliphatic hydroxyl groups is 1. The van der Waals surface area contributed by atoms with Crippen LogP contribution in [0.15, 0.2) is 0 Å². The van der Waals surface area contributed by atoms with Crippen molar-refractivity contribution in [2.75, 3.05) is 6.61 Å². The summed E-state index contributed by atoms with van der Waals surface area (Å²) in [4.78, 5) is 0. The molecule has 2 aliphatic rings. The van der Waals surface area contributed by atoms with Gasteiger partial charge in [0.1, 0.15) is 0 Å². The third-order valence-corrected chi connectivity index (χ3v) is 4.33. The molecule has 2 aliphatic carbocycles. The molecule has 2 unspecified atom stereocenters. The highest BCUT2D eigenvalue weighted by atomic mass is 16.3. The van der Waals surface area contributed by atoms with E-state index in [1.165, 1.54) is 44.9 Å². The Balaban J connectivity index is 1.83. The molecule has 2 nitrogen and oxygen atoms in total. The second-order valence-electron chi connectivity index (χ2n) is 5.84. The van der Waals surface area contributed by atoms with E-state index in [1.54, 1.807) is 0 Å². The maximum atomic E-state index is 8.97. The monoisotopic (exact) mass is 225 g/mol. The number of hydrogen-bond donors (Lipinski definition) is 2. The van der Waals surface area contributed by atoms with E-state index in [1.807, 2.05) is 0 Å². The van der Waals surface area contributed by atoms with Gasteiger partial charge < -0.3 is 10.4 Å². The summed E-state index contributed by atoms with van der Waals surface area (Å²) in [7, 11) is 0. The Morgan fingerprint density at radius 3 is 2.25 bits per heavy atom. The molecule has 0 aromatic heterocycles. The van der Waals surface area contributed by atoms with Gasteiger partial charge in [0.15, 0.2) is 0 Å². The Labute approximate surface area is 99.8 Å². The fourth-order valence-electron chi connectivity index (χ4n) is 3.21. The van der Waals surface area contributed by atoms with Crippen LogP contribution in [0.4, 0.5) is 0 Å². The first kappa shape index (κ1) is 12.4. The molecule has 0 aromatic rings. The zero-order chi connectivity index (χ0) is 11.4. The summed E-state index contributed by atoms with van der Waals surface area (Å²) in [6.45, 7) is 2.53. The van der Waals surface area contributed by atoms with Gasteiger partial charge in [-0.05, 0) is 50.9 Å². The average molecular weight is 225 g/mol. The largest absolute Gasteiger partial charge is 0.396 e. The average Bonchev–Trinajstić information content (AvgIpc) is 3.11. The molecular weight excluding hydrogens is 198 g/mol. The first-order valence-corrected chi connectivity index (χ1v) is 7.18. The standard InChI is InChI=1S/C14H27NO/c1-11(9-10-16)15-14(13-7-8-13)12-5-3-2-4-6-12/h11-16H,2-10H2,1H3. The van der Waals surface area contributed by atoms with Gasteiger partial charge in [0, 0.05) is 18.7 Å². The molecule has 2 saturated carbocycles. The van der Waals surface area contributed by atoms with Crippen LogP contribution in [-0.4, -0.2) is 23.8 Å². The molecule has 0 saturated heterocycles. The molecule has 2 rings (SSSR count). The topological polar surface area (TPSA) is 32.3 Å². The molecule has 0 radical (unpaired) electrons. The lowest BCUT2D eigenvalue weighted by molar-refractivity contribution is 0.212. The number of nitrogens with one attached hydrogen (secondary N) is 1. The number of hydrogen-bond acceptors (Lipinski definition) is 2. The van der Waals surface area contributed by atoms with Crippen molar-refractivity contribution in [3.05, 3.63) is 0 Å². The Morgan fingerprint density at radius 2 is 1.69 bits per heavy atom. The van der Waals surface area contributed by atoms with Crippen LogP contribution in [0.1, 0.15) is 58.3 Å². The van der Waals surface area contributed by atoms with Crippen molar-refractivity contribution in [1.82, 2.24) is 5.32 Å². The van der Waals surface area contributed by atoms with E-state index >= 15 is 0 Å². The van der Waals surface area contributed by atoms with Crippen molar-refractivity contribution < 1.29 is 5.11 Å². The molecule has 2 atom stereocenters. The highest BCUT2D eigenvalue weighted by molar-refractivity contribution is 4.92. The normalized spacial score (nSPS) is 26.6. The van der Waals surface area contributed by atoms with Gasteiger partial charge in [0.05, 0.1) is 0 Å². The fraction of sp³-hybridized carbons (Fsp3) is 1.00. The Bertz CT molecular complexity index is 197. The second-order valence-corrected chi connectivity index (χ2v) is 5.84. The van der Waals surface area contributed by atoms with Gasteiger partial charge in [-0.3, -0.25) is 0 Å². The van der Waals surface area contributed by atoms with Crippen LogP contribution >= 0.6 is 0 Å². The van der Waals surface area contributed by atoms with Crippen molar-refractivity contribution in [3.8, 4) is 0 Å². The molecule has 0 aromatic carbocycles. The SMILES string of the molecule is CC(CCO)NC(C1CCCCC1)C1CC1. The van der Waals surface area contributed by atoms with Crippen LogP contribution < -0.4 is 5.32 Å². The van der Waals surface area contributed by atoms with Crippen molar-refractivity contribution in [1.29, 1.82) is 0 Å². The minimum Gasteiger partial charge on any atom is -0.396 e. The molecule has 16 heavy (non-hydrogen) atoms. The Morgan fingerprint density at radius 1 is 1.06 bits per heavy atom. The molecule has 0 bridgehead atoms. The molecule has 0 heterocycles. The van der Waals surface area contributed by atoms with Gasteiger partial charge in [0.2, 0.25) is 0 Å². The summed E-state index contributed by atoms with van der Waals surface area (Å²) in [6, 6.07) is 1.24. The summed E-state index contributed by atoms with van der Waals surface area (Å²) in [6.07, 6.45) is 10.9. The summed E-state index contributed by atoms with van der Waals surface area (Å²) >= 11 is 0. The van der Waals surface area contributed by atoms with E-state index in [2.05, 4.69) is 12.2 Å². The zero-order valence-corrected chi connectivity index (χ0v) is 10.6. The van der Waals surface area contributed by atoms with Crippen molar-refractivity contribution in [2.45, 2.75) is 70.4 Å². The molecule has 2 fully saturated rings. The second kappa shape index (κ2) is 6.02. The van der Waals surface area contributed by atoms with Gasteiger partial charge in [-0.25, -0.2) is 0 Å². The number of aliphatic hydroxyl groups excluding tert-OH is 1. The van der Waals surface area contributed by atoms with Crippen LogP contribution in [0.25, 0.3) is 0 Å². The maximum absolute atomic E-state index is 8.97. The van der Waals surface area contributed by atoms with Gasteiger partial charge in [-0.15, -0.1) is 0 Å². The van der Waals surface area contributed by atoms with Crippen molar-refractivity contribution >= 4 is 0 Å². The van der Waals surface area contributed by atoms with Gasteiger partial charge >= 0.3 is 0 Å². The quantitative estimate of drug-likeness (QED) is 0.728. The molecule has 0 amide bonds. The smallest absolute Gasteiger partial charge is 0.0445 e. The first-order chi connectivity index (χ1) is 7.81. The van der Waals surface area contributed by atoms with Crippen molar-refractivity contribution in [3.63, 3.8) is 0 Å². The summed E-state index contributed by atoms with van der Waals surface area (Å²) in [5, 5.41) is 12.8. The first-order valence-electron chi connectivity index (χ1n) is 7.18. The van der Waals surface area contributed by atoms with Gasteiger partial charge in [0.25, 0.3) is 0 Å². The van der Waals surface area contributed by atoms with Crippen LogP contribution in [0.5, 0.6) is 0 Å². The minimum atomic E-state index is 0.316. The van der Waals surface area contributed by atoms with Crippen LogP contribution in [0.3, 0.4) is 0 Å². The lowest BCUT2D eigenvalue weighted by Crippen LogP contribution is -2.44. The summed E-state index contributed by atoms with van der Waals surface area (Å²) < 4.78 is 0. The molecule has 0 spiro atoms. The molecule has 2 heteroatoms. The van der Waals surface area contributed by atoms with Crippen LogP contribution in [0.2, 0.25) is 0 Å². The lowest BCUT2D eigenvalue weighted by atomic mass is 9.81. The van der Waals surface area contributed by atoms with Gasteiger partial charge in [-0.1, -0.05) is 19.3 Å². The molecular formula is C14H27NO. The van der Waals surface area contributed by atoms with E-state index < -0.39 is 0 Å². The van der Waals surface area contributed by atoms with E-state index in [0.29, 0.717) is 12.6 Å². The van der Waals surface area contributed by atoms with Crippen molar-refractivity contribution in [2.24, 2.45) is 11.8 Å². The fourth-order valence-corrected chi connectivity index (χ4v) is 3.21. The molecule has 2 N–H and O–H groups in total.